The number of benzene rings is 1. The normalized spacial score (nSPS) is 13.8. The second kappa shape index (κ2) is 8.75. The molecule has 1 amide bonds. The van der Waals surface area contributed by atoms with Crippen LogP contribution >= 0.6 is 0 Å². The van der Waals surface area contributed by atoms with Crippen LogP contribution in [-0.4, -0.2) is 68.4 Å². The van der Waals surface area contributed by atoms with Crippen molar-refractivity contribution in [3.63, 3.8) is 0 Å². The number of morpholine rings is 1. The number of hydrogen-bond donors (Lipinski definition) is 1. The monoisotopic (exact) mass is 388 g/mol. The highest BCUT2D eigenvalue weighted by Gasteiger charge is 2.21. The topological polar surface area (TPSA) is 95.0 Å². The number of methoxy groups -OCH3 is 3. The van der Waals surface area contributed by atoms with Crippen LogP contribution in [-0.2, 0) is 4.74 Å². The van der Waals surface area contributed by atoms with Crippen LogP contribution in [0.15, 0.2) is 18.2 Å². The van der Waals surface area contributed by atoms with Gasteiger partial charge >= 0.3 is 0 Å². The molecule has 9 nitrogen and oxygen atoms in total. The molecule has 0 unspecified atom stereocenters. The molecule has 2 aromatic rings. The predicted octanol–water partition coefficient (Wildman–Crippen LogP) is 2.03. The fraction of sp³-hybridized carbons (Fsp3) is 0.421. The Bertz CT molecular complexity index is 827. The van der Waals surface area contributed by atoms with E-state index in [2.05, 4.69) is 15.3 Å². The molecule has 0 aliphatic carbocycles. The van der Waals surface area contributed by atoms with Gasteiger partial charge < -0.3 is 29.2 Å². The summed E-state index contributed by atoms with van der Waals surface area (Å²) < 4.78 is 21.4. The maximum atomic E-state index is 12.7. The predicted molar refractivity (Wildman–Crippen MR) is 103 cm³/mol. The van der Waals surface area contributed by atoms with Crippen molar-refractivity contribution < 1.29 is 23.7 Å². The second-order valence-electron chi connectivity index (χ2n) is 6.16. The molecule has 1 aromatic carbocycles. The highest BCUT2D eigenvalue weighted by molar-refractivity contribution is 5.92. The van der Waals surface area contributed by atoms with Crippen molar-refractivity contribution in [1.82, 2.24) is 14.9 Å². The second-order valence-corrected chi connectivity index (χ2v) is 6.16. The Kier molecular flexibility index (Phi) is 6.15. The average Bonchev–Trinajstić information content (AvgIpc) is 2.72. The Morgan fingerprint density at radius 3 is 2.25 bits per heavy atom. The minimum Gasteiger partial charge on any atom is -0.493 e. The number of amides is 1. The number of rotatable bonds is 6. The molecule has 1 aliphatic rings. The molecule has 1 aliphatic heterocycles. The highest BCUT2D eigenvalue weighted by Crippen LogP contribution is 2.40. The van der Waals surface area contributed by atoms with E-state index >= 15 is 0 Å². The zero-order chi connectivity index (χ0) is 20.1. The quantitative estimate of drug-likeness (QED) is 0.803. The minimum atomic E-state index is -0.137. The Morgan fingerprint density at radius 1 is 1.04 bits per heavy atom. The van der Waals surface area contributed by atoms with Crippen LogP contribution in [0.5, 0.6) is 17.2 Å². The molecule has 1 fully saturated rings. The molecule has 3 rings (SSSR count). The fourth-order valence-electron chi connectivity index (χ4n) is 2.94. The molecule has 0 saturated carbocycles. The van der Waals surface area contributed by atoms with Crippen molar-refractivity contribution in [2.45, 2.75) is 6.92 Å². The van der Waals surface area contributed by atoms with Crippen LogP contribution in [0.25, 0.3) is 0 Å². The standard InChI is InChI=1S/C19H24N4O5/c1-12-9-14(18(24)23-5-7-28-8-6-23)22-19(20-12)21-13-10-15(25-2)17(27-4)16(11-13)26-3/h9-11H,5-8H2,1-4H3,(H,20,21,22). The summed E-state index contributed by atoms with van der Waals surface area (Å²) in [7, 11) is 4.63. The third-order valence-corrected chi connectivity index (χ3v) is 4.29. The molecule has 1 aromatic heterocycles. The van der Waals surface area contributed by atoms with Crippen LogP contribution in [0.1, 0.15) is 16.2 Å². The number of anilines is 2. The van der Waals surface area contributed by atoms with E-state index < -0.39 is 0 Å². The number of nitrogens with one attached hydrogen (secondary N) is 1. The Morgan fingerprint density at radius 2 is 1.68 bits per heavy atom. The van der Waals surface area contributed by atoms with Gasteiger partial charge in [0, 0.05) is 36.6 Å². The van der Waals surface area contributed by atoms with Gasteiger partial charge in [-0.1, -0.05) is 0 Å². The zero-order valence-corrected chi connectivity index (χ0v) is 16.4. The highest BCUT2D eigenvalue weighted by atomic mass is 16.5. The average molecular weight is 388 g/mol. The summed E-state index contributed by atoms with van der Waals surface area (Å²) in [4.78, 5) is 23.2. The van der Waals surface area contributed by atoms with E-state index in [1.54, 1.807) is 44.4 Å². The molecular weight excluding hydrogens is 364 g/mol. The van der Waals surface area contributed by atoms with Crippen molar-refractivity contribution in [2.24, 2.45) is 0 Å². The SMILES string of the molecule is COc1cc(Nc2nc(C)cc(C(=O)N3CCOCC3)n2)cc(OC)c1OC. The van der Waals surface area contributed by atoms with Gasteiger partial charge in [-0.25, -0.2) is 9.97 Å². The molecule has 0 bridgehead atoms. The molecule has 0 atom stereocenters. The smallest absolute Gasteiger partial charge is 0.272 e. The van der Waals surface area contributed by atoms with Gasteiger partial charge in [-0.05, 0) is 13.0 Å². The van der Waals surface area contributed by atoms with Crippen LogP contribution in [0.3, 0.4) is 0 Å². The summed E-state index contributed by atoms with van der Waals surface area (Å²) >= 11 is 0. The molecule has 1 saturated heterocycles. The Balaban J connectivity index is 1.88. The number of carbonyl (C=O) groups is 1. The lowest BCUT2D eigenvalue weighted by atomic mass is 10.2. The molecule has 150 valence electrons. The first-order chi connectivity index (χ1) is 13.5. The van der Waals surface area contributed by atoms with Gasteiger partial charge in [-0.3, -0.25) is 4.79 Å². The van der Waals surface area contributed by atoms with E-state index in [1.165, 1.54) is 0 Å². The van der Waals surface area contributed by atoms with Crippen molar-refractivity contribution >= 4 is 17.5 Å². The number of hydrogen-bond acceptors (Lipinski definition) is 8. The lowest BCUT2D eigenvalue weighted by Gasteiger charge is -2.26. The van der Waals surface area contributed by atoms with E-state index in [9.17, 15) is 4.79 Å². The van der Waals surface area contributed by atoms with Crippen molar-refractivity contribution in [2.75, 3.05) is 52.9 Å². The summed E-state index contributed by atoms with van der Waals surface area (Å²) in [6, 6.07) is 5.17. The Labute approximate surface area is 163 Å². The minimum absolute atomic E-state index is 0.137. The van der Waals surface area contributed by atoms with Crippen molar-refractivity contribution in [1.29, 1.82) is 0 Å². The van der Waals surface area contributed by atoms with Crippen LogP contribution in [0, 0.1) is 6.92 Å². The molecule has 1 N–H and O–H groups in total. The molecule has 0 radical (unpaired) electrons. The van der Waals surface area contributed by atoms with Gasteiger partial charge in [0.15, 0.2) is 11.5 Å². The van der Waals surface area contributed by atoms with Crippen LogP contribution in [0.2, 0.25) is 0 Å². The van der Waals surface area contributed by atoms with Crippen molar-refractivity contribution in [3.8, 4) is 17.2 Å². The van der Waals surface area contributed by atoms with Crippen LogP contribution in [0.4, 0.5) is 11.6 Å². The number of aromatic nitrogens is 2. The van der Waals surface area contributed by atoms with E-state index in [0.717, 1.165) is 0 Å². The number of aryl methyl sites for hydroxylation is 1. The molecule has 0 spiro atoms. The molecule has 2 heterocycles. The van der Waals surface area contributed by atoms with E-state index in [1.807, 2.05) is 6.92 Å². The van der Waals surface area contributed by atoms with E-state index in [0.29, 0.717) is 66.6 Å². The summed E-state index contributed by atoms with van der Waals surface area (Å²) in [5.74, 6) is 1.67. The first-order valence-electron chi connectivity index (χ1n) is 8.85. The van der Waals surface area contributed by atoms with E-state index in [4.69, 9.17) is 18.9 Å². The zero-order valence-electron chi connectivity index (χ0n) is 16.4. The van der Waals surface area contributed by atoms with Gasteiger partial charge in [-0.2, -0.15) is 0 Å². The van der Waals surface area contributed by atoms with Gasteiger partial charge in [0.25, 0.3) is 5.91 Å². The van der Waals surface area contributed by atoms with Crippen molar-refractivity contribution in [3.05, 3.63) is 29.6 Å². The number of nitrogens with zero attached hydrogens (tertiary/aromatic N) is 3. The van der Waals surface area contributed by atoms with Gasteiger partial charge in [0.1, 0.15) is 5.69 Å². The molecular formula is C19H24N4O5. The van der Waals surface area contributed by atoms with Crippen LogP contribution < -0.4 is 19.5 Å². The van der Waals surface area contributed by atoms with E-state index in [-0.39, 0.29) is 5.91 Å². The Hall–Kier alpha value is -3.07. The van der Waals surface area contributed by atoms with Gasteiger partial charge in [0.05, 0.1) is 34.5 Å². The lowest BCUT2D eigenvalue weighted by Crippen LogP contribution is -2.41. The summed E-state index contributed by atoms with van der Waals surface area (Å²) in [5.41, 5.74) is 1.66. The van der Waals surface area contributed by atoms with Gasteiger partial charge in [-0.15, -0.1) is 0 Å². The molecule has 28 heavy (non-hydrogen) atoms. The molecule has 9 heteroatoms. The third kappa shape index (κ3) is 4.25. The fourth-order valence-corrected chi connectivity index (χ4v) is 2.94. The summed E-state index contributed by atoms with van der Waals surface area (Å²) in [5, 5.41) is 3.11. The number of ether oxygens (including phenoxy) is 4. The first-order valence-corrected chi connectivity index (χ1v) is 8.85. The maximum Gasteiger partial charge on any atom is 0.272 e. The summed E-state index contributed by atoms with van der Waals surface area (Å²) in [6.07, 6.45) is 0. The van der Waals surface area contributed by atoms with Gasteiger partial charge in [0.2, 0.25) is 11.7 Å². The largest absolute Gasteiger partial charge is 0.493 e. The third-order valence-electron chi connectivity index (χ3n) is 4.29. The lowest BCUT2D eigenvalue weighted by molar-refractivity contribution is 0.0299. The number of carbonyl (C=O) groups excluding carboxylic acids is 1. The summed E-state index contributed by atoms with van der Waals surface area (Å²) in [6.45, 7) is 3.99. The first kappa shape index (κ1) is 19.7. The maximum absolute atomic E-state index is 12.7.